The van der Waals surface area contributed by atoms with E-state index in [-0.39, 0.29) is 5.41 Å². The van der Waals surface area contributed by atoms with Gasteiger partial charge in [0.25, 0.3) is 0 Å². The zero-order valence-corrected chi connectivity index (χ0v) is 10.7. The Balaban J connectivity index is 2.06. The molecule has 0 saturated heterocycles. The fourth-order valence-electron chi connectivity index (χ4n) is 3.20. The predicted octanol–water partition coefficient (Wildman–Crippen LogP) is 3.40. The van der Waals surface area contributed by atoms with Crippen molar-refractivity contribution < 1.29 is 0 Å². The minimum atomic E-state index is 0.176. The van der Waals surface area contributed by atoms with Gasteiger partial charge in [-0.3, -0.25) is 4.98 Å². The Morgan fingerprint density at radius 3 is 2.67 bits per heavy atom. The lowest BCUT2D eigenvalue weighted by Crippen LogP contribution is -2.37. The van der Waals surface area contributed by atoms with E-state index in [1.807, 2.05) is 12.3 Å². The SMILES string of the molecule is NCC1(c2cnc3ccccc3c2)CCCCC1. The van der Waals surface area contributed by atoms with Crippen molar-refractivity contribution in [1.82, 2.24) is 4.98 Å². The molecule has 0 aliphatic heterocycles. The third-order valence-corrected chi connectivity index (χ3v) is 4.40. The summed E-state index contributed by atoms with van der Waals surface area (Å²) in [6.07, 6.45) is 8.41. The summed E-state index contributed by atoms with van der Waals surface area (Å²) in [5.41, 5.74) is 8.67. The number of hydrogen-bond acceptors (Lipinski definition) is 2. The maximum absolute atomic E-state index is 6.09. The summed E-state index contributed by atoms with van der Waals surface area (Å²) in [7, 11) is 0. The summed E-state index contributed by atoms with van der Waals surface area (Å²) in [5, 5.41) is 1.23. The molecule has 0 amide bonds. The second-order valence-corrected chi connectivity index (χ2v) is 5.46. The lowest BCUT2D eigenvalue weighted by atomic mass is 9.70. The highest BCUT2D eigenvalue weighted by atomic mass is 14.7. The molecule has 0 bridgehead atoms. The van der Waals surface area contributed by atoms with E-state index in [2.05, 4.69) is 29.2 Å². The van der Waals surface area contributed by atoms with E-state index in [0.717, 1.165) is 12.1 Å². The molecular weight excluding hydrogens is 220 g/mol. The van der Waals surface area contributed by atoms with Crippen LogP contribution in [0.4, 0.5) is 0 Å². The number of fused-ring (bicyclic) bond motifs is 1. The minimum Gasteiger partial charge on any atom is -0.330 e. The van der Waals surface area contributed by atoms with Crippen molar-refractivity contribution in [2.75, 3.05) is 6.54 Å². The maximum atomic E-state index is 6.09. The van der Waals surface area contributed by atoms with Crippen molar-refractivity contribution in [3.63, 3.8) is 0 Å². The summed E-state index contributed by atoms with van der Waals surface area (Å²) >= 11 is 0. The lowest BCUT2D eigenvalue weighted by Gasteiger charge is -2.36. The molecule has 3 rings (SSSR count). The van der Waals surface area contributed by atoms with Crippen molar-refractivity contribution in [2.24, 2.45) is 5.73 Å². The average Bonchev–Trinajstić information content (AvgIpc) is 2.47. The smallest absolute Gasteiger partial charge is 0.0702 e. The van der Waals surface area contributed by atoms with Gasteiger partial charge in [0.05, 0.1) is 5.52 Å². The van der Waals surface area contributed by atoms with Gasteiger partial charge >= 0.3 is 0 Å². The number of pyridine rings is 1. The monoisotopic (exact) mass is 240 g/mol. The van der Waals surface area contributed by atoms with Gasteiger partial charge in [-0.15, -0.1) is 0 Å². The van der Waals surface area contributed by atoms with Crippen LogP contribution < -0.4 is 5.73 Å². The van der Waals surface area contributed by atoms with Gasteiger partial charge in [0, 0.05) is 23.5 Å². The predicted molar refractivity (Wildman–Crippen MR) is 75.6 cm³/mol. The van der Waals surface area contributed by atoms with Crippen LogP contribution in [0.25, 0.3) is 10.9 Å². The van der Waals surface area contributed by atoms with E-state index in [0.29, 0.717) is 0 Å². The molecule has 1 saturated carbocycles. The molecule has 0 unspecified atom stereocenters. The van der Waals surface area contributed by atoms with Gasteiger partial charge in [0.2, 0.25) is 0 Å². The van der Waals surface area contributed by atoms with E-state index in [1.54, 1.807) is 0 Å². The standard InChI is InChI=1S/C16H20N2/c17-12-16(8-4-1-5-9-16)14-10-13-6-2-3-7-15(13)18-11-14/h2-3,6-7,10-11H,1,4-5,8-9,12,17H2. The number of nitrogens with zero attached hydrogens (tertiary/aromatic N) is 1. The van der Waals surface area contributed by atoms with Crippen LogP contribution in [0.1, 0.15) is 37.7 Å². The highest BCUT2D eigenvalue weighted by Crippen LogP contribution is 2.39. The van der Waals surface area contributed by atoms with Crippen LogP contribution in [0.5, 0.6) is 0 Å². The zero-order chi connectivity index (χ0) is 12.4. The first-order chi connectivity index (χ1) is 8.84. The van der Waals surface area contributed by atoms with Crippen LogP contribution in [-0.4, -0.2) is 11.5 Å². The Morgan fingerprint density at radius 2 is 1.89 bits per heavy atom. The Bertz CT molecular complexity index is 542. The molecular formula is C16H20N2. The van der Waals surface area contributed by atoms with Crippen LogP contribution in [0, 0.1) is 0 Å². The largest absolute Gasteiger partial charge is 0.330 e. The summed E-state index contributed by atoms with van der Waals surface area (Å²) in [6, 6.07) is 10.6. The first-order valence-corrected chi connectivity index (χ1v) is 6.89. The van der Waals surface area contributed by atoms with Crippen LogP contribution in [0.2, 0.25) is 0 Å². The average molecular weight is 240 g/mol. The second kappa shape index (κ2) is 4.69. The van der Waals surface area contributed by atoms with E-state index >= 15 is 0 Å². The topological polar surface area (TPSA) is 38.9 Å². The first kappa shape index (κ1) is 11.7. The van der Waals surface area contributed by atoms with Crippen LogP contribution in [0.3, 0.4) is 0 Å². The Hall–Kier alpha value is -1.41. The van der Waals surface area contributed by atoms with E-state index < -0.39 is 0 Å². The molecule has 1 aromatic heterocycles. The number of aromatic nitrogens is 1. The molecule has 1 aliphatic carbocycles. The van der Waals surface area contributed by atoms with Crippen molar-refractivity contribution in [3.05, 3.63) is 42.1 Å². The highest BCUT2D eigenvalue weighted by molar-refractivity contribution is 5.79. The van der Waals surface area contributed by atoms with E-state index in [4.69, 9.17) is 5.73 Å². The van der Waals surface area contributed by atoms with Gasteiger partial charge in [-0.2, -0.15) is 0 Å². The molecule has 2 heteroatoms. The van der Waals surface area contributed by atoms with Crippen LogP contribution in [-0.2, 0) is 5.41 Å². The Labute approximate surface area is 108 Å². The van der Waals surface area contributed by atoms with Gasteiger partial charge < -0.3 is 5.73 Å². The van der Waals surface area contributed by atoms with E-state index in [1.165, 1.54) is 43.1 Å². The normalized spacial score (nSPS) is 18.9. The molecule has 2 aromatic rings. The lowest BCUT2D eigenvalue weighted by molar-refractivity contribution is 0.300. The van der Waals surface area contributed by atoms with Crippen molar-refractivity contribution >= 4 is 10.9 Å². The van der Waals surface area contributed by atoms with Crippen molar-refractivity contribution in [3.8, 4) is 0 Å². The molecule has 94 valence electrons. The summed E-state index contributed by atoms with van der Waals surface area (Å²) in [5.74, 6) is 0. The molecule has 1 aliphatic rings. The fraction of sp³-hybridized carbons (Fsp3) is 0.438. The quantitative estimate of drug-likeness (QED) is 0.873. The van der Waals surface area contributed by atoms with Crippen LogP contribution in [0.15, 0.2) is 36.5 Å². The molecule has 1 fully saturated rings. The molecule has 0 radical (unpaired) electrons. The highest BCUT2D eigenvalue weighted by Gasteiger charge is 2.32. The molecule has 0 atom stereocenters. The Kier molecular flexibility index (Phi) is 3.04. The van der Waals surface area contributed by atoms with E-state index in [9.17, 15) is 0 Å². The second-order valence-electron chi connectivity index (χ2n) is 5.46. The molecule has 1 aromatic carbocycles. The minimum absolute atomic E-state index is 0.176. The number of nitrogens with two attached hydrogens (primary N) is 1. The van der Waals surface area contributed by atoms with Gasteiger partial charge in [0.1, 0.15) is 0 Å². The third kappa shape index (κ3) is 1.91. The summed E-state index contributed by atoms with van der Waals surface area (Å²) < 4.78 is 0. The number of para-hydroxylation sites is 1. The summed E-state index contributed by atoms with van der Waals surface area (Å²) in [6.45, 7) is 0.743. The number of rotatable bonds is 2. The zero-order valence-electron chi connectivity index (χ0n) is 10.7. The molecule has 2 N–H and O–H groups in total. The maximum Gasteiger partial charge on any atom is 0.0702 e. The number of benzene rings is 1. The van der Waals surface area contributed by atoms with Gasteiger partial charge in [0.15, 0.2) is 0 Å². The first-order valence-electron chi connectivity index (χ1n) is 6.89. The van der Waals surface area contributed by atoms with Gasteiger partial charge in [-0.25, -0.2) is 0 Å². The third-order valence-electron chi connectivity index (χ3n) is 4.40. The molecule has 18 heavy (non-hydrogen) atoms. The van der Waals surface area contributed by atoms with Crippen LogP contribution >= 0.6 is 0 Å². The van der Waals surface area contributed by atoms with Gasteiger partial charge in [-0.05, 0) is 30.5 Å². The molecule has 1 heterocycles. The van der Waals surface area contributed by atoms with Crippen molar-refractivity contribution in [1.29, 1.82) is 0 Å². The van der Waals surface area contributed by atoms with Gasteiger partial charge in [-0.1, -0.05) is 37.5 Å². The molecule has 2 nitrogen and oxygen atoms in total. The van der Waals surface area contributed by atoms with Crippen molar-refractivity contribution in [2.45, 2.75) is 37.5 Å². The number of hydrogen-bond donors (Lipinski definition) is 1. The summed E-state index contributed by atoms with van der Waals surface area (Å²) in [4.78, 5) is 4.59. The Morgan fingerprint density at radius 1 is 1.11 bits per heavy atom. The molecule has 0 spiro atoms. The fourth-order valence-corrected chi connectivity index (χ4v) is 3.20.